The van der Waals surface area contributed by atoms with E-state index in [1.807, 2.05) is 30.3 Å². The first kappa shape index (κ1) is 16.5. The molecular weight excluding hydrogens is 260 g/mol. The van der Waals surface area contributed by atoms with E-state index >= 15 is 0 Å². The van der Waals surface area contributed by atoms with E-state index < -0.39 is 6.10 Å². The lowest BCUT2D eigenvalue weighted by atomic mass is 10.0. The number of benzene rings is 1. The molecule has 0 amide bonds. The van der Waals surface area contributed by atoms with E-state index in [4.69, 9.17) is 4.74 Å². The van der Waals surface area contributed by atoms with Crippen LogP contribution in [0.5, 0.6) is 0 Å². The Kier molecular flexibility index (Phi) is 7.25. The number of ether oxygens (including phenoxy) is 1. The first-order valence-electron chi connectivity index (χ1n) is 8.71. The zero-order valence-corrected chi connectivity index (χ0v) is 13.3. The van der Waals surface area contributed by atoms with E-state index in [0.29, 0.717) is 0 Å². The molecule has 3 atom stereocenters. The van der Waals surface area contributed by atoms with Gasteiger partial charge in [0.15, 0.2) is 0 Å². The van der Waals surface area contributed by atoms with Gasteiger partial charge in [-0.25, -0.2) is 0 Å². The van der Waals surface area contributed by atoms with Crippen LogP contribution in [0.2, 0.25) is 0 Å². The minimum atomic E-state index is -0.453. The van der Waals surface area contributed by atoms with Crippen LogP contribution in [0, 0.1) is 0 Å². The van der Waals surface area contributed by atoms with Crippen molar-refractivity contribution in [2.75, 3.05) is 0 Å². The minimum Gasteiger partial charge on any atom is -0.386 e. The molecule has 1 aromatic rings. The fourth-order valence-electron chi connectivity index (χ4n) is 2.99. The van der Waals surface area contributed by atoms with Gasteiger partial charge in [-0.1, -0.05) is 88.6 Å². The lowest BCUT2D eigenvalue weighted by molar-refractivity contribution is 0.137. The number of hydrogen-bond acceptors (Lipinski definition) is 2. The summed E-state index contributed by atoms with van der Waals surface area (Å²) < 4.78 is 5.64. The van der Waals surface area contributed by atoms with Crippen molar-refractivity contribution in [1.29, 1.82) is 0 Å². The van der Waals surface area contributed by atoms with Crippen LogP contribution in [-0.4, -0.2) is 17.3 Å². The smallest absolute Gasteiger partial charge is 0.114 e. The van der Waals surface area contributed by atoms with Gasteiger partial charge >= 0.3 is 0 Å². The molecule has 0 aliphatic carbocycles. The largest absolute Gasteiger partial charge is 0.386 e. The van der Waals surface area contributed by atoms with Crippen molar-refractivity contribution in [2.24, 2.45) is 0 Å². The maximum atomic E-state index is 10.2. The lowest BCUT2D eigenvalue weighted by Gasteiger charge is -2.07. The second kappa shape index (κ2) is 9.22. The van der Waals surface area contributed by atoms with Crippen LogP contribution >= 0.6 is 0 Å². The van der Waals surface area contributed by atoms with Crippen LogP contribution in [0.15, 0.2) is 30.3 Å². The summed E-state index contributed by atoms with van der Waals surface area (Å²) >= 11 is 0. The number of aliphatic hydroxyl groups is 1. The van der Waals surface area contributed by atoms with E-state index in [1.165, 1.54) is 51.4 Å². The Morgan fingerprint density at radius 1 is 0.952 bits per heavy atom. The monoisotopic (exact) mass is 290 g/mol. The molecule has 1 aliphatic rings. The van der Waals surface area contributed by atoms with Crippen LogP contribution in [0.4, 0.5) is 0 Å². The molecule has 0 aromatic heterocycles. The Bertz CT molecular complexity index is 376. The summed E-state index contributed by atoms with van der Waals surface area (Å²) in [4.78, 5) is 0. The van der Waals surface area contributed by atoms with Gasteiger partial charge < -0.3 is 9.84 Å². The Morgan fingerprint density at radius 2 is 1.57 bits per heavy atom. The predicted octanol–water partition coefficient (Wildman–Crippen LogP) is 5.02. The molecule has 1 heterocycles. The van der Waals surface area contributed by atoms with E-state index in [0.717, 1.165) is 12.0 Å². The fourth-order valence-corrected chi connectivity index (χ4v) is 2.99. The Labute approximate surface area is 129 Å². The van der Waals surface area contributed by atoms with E-state index in [-0.39, 0.29) is 12.2 Å². The van der Waals surface area contributed by atoms with Gasteiger partial charge in [0, 0.05) is 0 Å². The normalized spacial score (nSPS) is 22.2. The molecule has 0 bridgehead atoms. The molecule has 1 aromatic carbocycles. The molecule has 0 radical (unpaired) electrons. The van der Waals surface area contributed by atoms with Crippen LogP contribution in [-0.2, 0) is 4.74 Å². The van der Waals surface area contributed by atoms with Crippen molar-refractivity contribution in [3.8, 4) is 0 Å². The van der Waals surface area contributed by atoms with Gasteiger partial charge in [0.05, 0.1) is 6.10 Å². The maximum Gasteiger partial charge on any atom is 0.114 e. The van der Waals surface area contributed by atoms with Crippen molar-refractivity contribution in [3.05, 3.63) is 35.9 Å². The number of unbranched alkanes of at least 4 members (excludes halogenated alkanes) is 7. The average Bonchev–Trinajstić information content (AvgIpc) is 3.29. The summed E-state index contributed by atoms with van der Waals surface area (Å²) in [5.74, 6) is 0. The van der Waals surface area contributed by atoms with E-state index in [1.54, 1.807) is 0 Å². The van der Waals surface area contributed by atoms with Crippen molar-refractivity contribution < 1.29 is 9.84 Å². The Hall–Kier alpha value is -0.860. The first-order chi connectivity index (χ1) is 10.3. The highest BCUT2D eigenvalue weighted by Crippen LogP contribution is 2.37. The van der Waals surface area contributed by atoms with Gasteiger partial charge in [0.25, 0.3) is 0 Å². The number of aliphatic hydroxyl groups excluding tert-OH is 1. The van der Waals surface area contributed by atoms with Crippen LogP contribution in [0.3, 0.4) is 0 Å². The van der Waals surface area contributed by atoms with Gasteiger partial charge in [-0.2, -0.15) is 0 Å². The molecule has 0 saturated carbocycles. The van der Waals surface area contributed by atoms with Gasteiger partial charge in [-0.3, -0.25) is 0 Å². The van der Waals surface area contributed by atoms with Crippen LogP contribution < -0.4 is 0 Å². The SMILES string of the molecule is CCCCCCCCCCC1OC1C(O)c1ccccc1. The molecule has 0 spiro atoms. The second-order valence-corrected chi connectivity index (χ2v) is 6.26. The van der Waals surface area contributed by atoms with E-state index in [2.05, 4.69) is 6.92 Å². The molecule has 2 nitrogen and oxygen atoms in total. The average molecular weight is 290 g/mol. The molecule has 1 fully saturated rings. The number of rotatable bonds is 11. The van der Waals surface area contributed by atoms with Crippen molar-refractivity contribution in [3.63, 3.8) is 0 Å². The third-order valence-electron chi connectivity index (χ3n) is 4.42. The van der Waals surface area contributed by atoms with Crippen LogP contribution in [0.25, 0.3) is 0 Å². The Balaban J connectivity index is 1.50. The number of hydrogen-bond donors (Lipinski definition) is 1. The summed E-state index contributed by atoms with van der Waals surface area (Å²) in [6.07, 6.45) is 11.7. The zero-order chi connectivity index (χ0) is 14.9. The molecule has 2 heteroatoms. The summed E-state index contributed by atoms with van der Waals surface area (Å²) in [5.41, 5.74) is 0.973. The van der Waals surface area contributed by atoms with Crippen LogP contribution in [0.1, 0.15) is 76.4 Å². The second-order valence-electron chi connectivity index (χ2n) is 6.26. The van der Waals surface area contributed by atoms with E-state index in [9.17, 15) is 5.11 Å². The fraction of sp³-hybridized carbons (Fsp3) is 0.684. The van der Waals surface area contributed by atoms with Gasteiger partial charge in [-0.15, -0.1) is 0 Å². The highest BCUT2D eigenvalue weighted by molar-refractivity contribution is 5.20. The lowest BCUT2D eigenvalue weighted by Crippen LogP contribution is -2.08. The van der Waals surface area contributed by atoms with Crippen molar-refractivity contribution in [1.82, 2.24) is 0 Å². The summed E-state index contributed by atoms with van der Waals surface area (Å²) in [6.45, 7) is 2.26. The quantitative estimate of drug-likeness (QED) is 0.458. The minimum absolute atomic E-state index is 0.0250. The standard InChI is InChI=1S/C19H30O2/c1-2-3-4-5-6-7-8-12-15-17-19(21-17)18(20)16-13-10-9-11-14-16/h9-11,13-14,17-20H,2-8,12,15H2,1H3. The molecule has 21 heavy (non-hydrogen) atoms. The highest BCUT2D eigenvalue weighted by Gasteiger charge is 2.43. The van der Waals surface area contributed by atoms with Gasteiger partial charge in [-0.05, 0) is 12.0 Å². The summed E-state index contributed by atoms with van der Waals surface area (Å²) in [5, 5.41) is 10.2. The Morgan fingerprint density at radius 3 is 2.24 bits per heavy atom. The zero-order valence-electron chi connectivity index (χ0n) is 13.3. The molecule has 1 N–H and O–H groups in total. The third kappa shape index (κ3) is 5.80. The molecular formula is C19H30O2. The predicted molar refractivity (Wildman–Crippen MR) is 87.3 cm³/mol. The maximum absolute atomic E-state index is 10.2. The van der Waals surface area contributed by atoms with Gasteiger partial charge in [0.1, 0.15) is 12.2 Å². The summed E-state index contributed by atoms with van der Waals surface area (Å²) in [6, 6.07) is 9.85. The molecule has 1 aliphatic heterocycles. The summed E-state index contributed by atoms with van der Waals surface area (Å²) in [7, 11) is 0. The molecule has 1 saturated heterocycles. The molecule has 3 unspecified atom stereocenters. The number of epoxide rings is 1. The topological polar surface area (TPSA) is 32.8 Å². The van der Waals surface area contributed by atoms with Crippen molar-refractivity contribution >= 4 is 0 Å². The first-order valence-corrected chi connectivity index (χ1v) is 8.71. The van der Waals surface area contributed by atoms with Gasteiger partial charge in [0.2, 0.25) is 0 Å². The third-order valence-corrected chi connectivity index (χ3v) is 4.42. The molecule has 118 valence electrons. The molecule has 2 rings (SSSR count). The highest BCUT2D eigenvalue weighted by atomic mass is 16.6. The van der Waals surface area contributed by atoms with Crippen molar-refractivity contribution in [2.45, 2.75) is 83.0 Å².